The second-order valence-corrected chi connectivity index (χ2v) is 5.17. The third kappa shape index (κ3) is 3.05. The van der Waals surface area contributed by atoms with Crippen LogP contribution in [-0.4, -0.2) is 9.97 Å². The minimum absolute atomic E-state index is 0.293. The number of aryl methyl sites for hydroxylation is 1. The van der Waals surface area contributed by atoms with Crippen LogP contribution in [0.5, 0.6) is 0 Å². The number of aromatic nitrogens is 1. The molecule has 3 N–H and O–H groups in total. The summed E-state index contributed by atoms with van der Waals surface area (Å²) in [6.07, 6.45) is 0. The molecule has 0 fully saturated rings. The van der Waals surface area contributed by atoms with Gasteiger partial charge in [-0.3, -0.25) is 0 Å². The summed E-state index contributed by atoms with van der Waals surface area (Å²) >= 11 is 8.41. The van der Waals surface area contributed by atoms with Crippen molar-refractivity contribution in [3.8, 4) is 0 Å². The summed E-state index contributed by atoms with van der Waals surface area (Å²) in [4.78, 5) is 4.63. The van der Waals surface area contributed by atoms with Gasteiger partial charge in [0, 0.05) is 4.47 Å². The number of nitrogens with two attached hydrogens (primary N) is 1. The van der Waals surface area contributed by atoms with Crippen LogP contribution in [0.4, 0.5) is 11.5 Å². The Labute approximate surface area is 120 Å². The van der Waals surface area contributed by atoms with Gasteiger partial charge in [-0.2, -0.15) is 0 Å². The van der Waals surface area contributed by atoms with Crippen molar-refractivity contribution in [3.63, 3.8) is 0 Å². The first-order valence-electron chi connectivity index (χ1n) is 5.36. The van der Waals surface area contributed by atoms with E-state index in [1.165, 1.54) is 5.56 Å². The summed E-state index contributed by atoms with van der Waals surface area (Å²) in [6.45, 7) is 2.04. The van der Waals surface area contributed by atoms with E-state index in [0.29, 0.717) is 16.5 Å². The molecule has 0 atom stereocenters. The van der Waals surface area contributed by atoms with Crippen molar-refractivity contribution in [2.75, 3.05) is 5.32 Å². The van der Waals surface area contributed by atoms with Crippen molar-refractivity contribution < 1.29 is 0 Å². The highest BCUT2D eigenvalue weighted by atomic mass is 79.9. The van der Waals surface area contributed by atoms with E-state index in [4.69, 9.17) is 18.0 Å². The highest BCUT2D eigenvalue weighted by Crippen LogP contribution is 2.26. The number of hydrogen-bond donors (Lipinski definition) is 2. The van der Waals surface area contributed by atoms with Crippen LogP contribution in [0.25, 0.3) is 0 Å². The number of nitrogens with zero attached hydrogens (tertiary/aromatic N) is 1. The van der Waals surface area contributed by atoms with Gasteiger partial charge in [0.05, 0.1) is 11.4 Å². The zero-order valence-electron chi connectivity index (χ0n) is 9.77. The second-order valence-electron chi connectivity index (χ2n) is 3.88. The van der Waals surface area contributed by atoms with Crippen LogP contribution >= 0.6 is 28.1 Å². The summed E-state index contributed by atoms with van der Waals surface area (Å²) in [5.74, 6) is 0.714. The van der Waals surface area contributed by atoms with E-state index in [1.54, 1.807) is 6.07 Å². The third-order valence-electron chi connectivity index (χ3n) is 2.39. The maximum atomic E-state index is 5.56. The van der Waals surface area contributed by atoms with Gasteiger partial charge in [-0.05, 0) is 52.7 Å². The molecule has 5 heteroatoms. The van der Waals surface area contributed by atoms with Crippen LogP contribution in [0.15, 0.2) is 40.9 Å². The van der Waals surface area contributed by atoms with Gasteiger partial charge >= 0.3 is 0 Å². The first kappa shape index (κ1) is 13.0. The largest absolute Gasteiger partial charge is 0.388 e. The first-order valence-corrected chi connectivity index (χ1v) is 6.56. The first-order chi connectivity index (χ1) is 8.56. The Bertz CT molecular complexity index is 599. The normalized spacial score (nSPS) is 10.1. The maximum Gasteiger partial charge on any atom is 0.131 e. The van der Waals surface area contributed by atoms with Gasteiger partial charge in [-0.15, -0.1) is 0 Å². The second kappa shape index (κ2) is 5.46. The SMILES string of the molecule is Cc1ccc(Br)c(Nc2cccc(C(N)=S)n2)c1. The average molecular weight is 322 g/mol. The molecule has 0 aliphatic rings. The predicted molar refractivity (Wildman–Crippen MR) is 82.3 cm³/mol. The molecule has 0 unspecified atom stereocenters. The number of benzene rings is 1. The molecular weight excluding hydrogens is 310 g/mol. The lowest BCUT2D eigenvalue weighted by molar-refractivity contribution is 1.27. The number of hydrogen-bond acceptors (Lipinski definition) is 3. The molecule has 0 radical (unpaired) electrons. The van der Waals surface area contributed by atoms with Gasteiger partial charge in [0.1, 0.15) is 10.8 Å². The quantitative estimate of drug-likeness (QED) is 0.849. The lowest BCUT2D eigenvalue weighted by Gasteiger charge is -2.09. The molecule has 3 nitrogen and oxygen atoms in total. The van der Waals surface area contributed by atoms with Crippen LogP contribution < -0.4 is 11.1 Å². The number of halogens is 1. The molecule has 0 aliphatic heterocycles. The van der Waals surface area contributed by atoms with Crippen molar-refractivity contribution in [3.05, 3.63) is 52.1 Å². The molecule has 0 saturated carbocycles. The van der Waals surface area contributed by atoms with E-state index in [9.17, 15) is 0 Å². The molecule has 1 aromatic heterocycles. The van der Waals surface area contributed by atoms with Crippen LogP contribution in [-0.2, 0) is 0 Å². The van der Waals surface area contributed by atoms with Gasteiger partial charge in [0.25, 0.3) is 0 Å². The summed E-state index contributed by atoms with van der Waals surface area (Å²) < 4.78 is 0.982. The molecule has 92 valence electrons. The Morgan fingerprint density at radius 2 is 2.11 bits per heavy atom. The fraction of sp³-hybridized carbons (Fsp3) is 0.0769. The molecule has 18 heavy (non-hydrogen) atoms. The van der Waals surface area contributed by atoms with E-state index in [1.807, 2.05) is 37.3 Å². The molecule has 2 aromatic rings. The predicted octanol–water partition coefficient (Wildman–Crippen LogP) is 3.53. The maximum absolute atomic E-state index is 5.56. The molecule has 1 heterocycles. The lowest BCUT2D eigenvalue weighted by atomic mass is 10.2. The highest BCUT2D eigenvalue weighted by molar-refractivity contribution is 9.10. The number of nitrogens with one attached hydrogen (secondary N) is 1. The molecule has 0 amide bonds. The summed E-state index contributed by atoms with van der Waals surface area (Å²) in [6, 6.07) is 11.6. The number of rotatable bonds is 3. The van der Waals surface area contributed by atoms with Gasteiger partial charge in [-0.25, -0.2) is 4.98 Å². The monoisotopic (exact) mass is 321 g/mol. The Kier molecular flexibility index (Phi) is 3.93. The number of thiocarbonyl (C=S) groups is 1. The van der Waals surface area contributed by atoms with Gasteiger partial charge in [-0.1, -0.05) is 24.4 Å². The van der Waals surface area contributed by atoms with Crippen molar-refractivity contribution in [2.24, 2.45) is 5.73 Å². The summed E-state index contributed by atoms with van der Waals surface area (Å²) in [5.41, 5.74) is 8.31. The Balaban J connectivity index is 2.31. The van der Waals surface area contributed by atoms with E-state index >= 15 is 0 Å². The number of anilines is 2. The Morgan fingerprint density at radius 3 is 2.83 bits per heavy atom. The Hall–Kier alpha value is -1.46. The molecule has 2 rings (SSSR count). The average Bonchev–Trinajstić information content (AvgIpc) is 2.34. The molecule has 0 bridgehead atoms. The van der Waals surface area contributed by atoms with Gasteiger partial charge in [0.2, 0.25) is 0 Å². The topological polar surface area (TPSA) is 50.9 Å². The standard InChI is InChI=1S/C13H12BrN3S/c1-8-5-6-9(14)11(7-8)17-12-4-2-3-10(16-12)13(15)18/h2-7H,1H3,(H2,15,18)(H,16,17). The van der Waals surface area contributed by atoms with Crippen LogP contribution in [0, 0.1) is 6.92 Å². The fourth-order valence-corrected chi connectivity index (χ4v) is 1.97. The van der Waals surface area contributed by atoms with Crippen molar-refractivity contribution in [2.45, 2.75) is 6.92 Å². The van der Waals surface area contributed by atoms with Crippen LogP contribution in [0.2, 0.25) is 0 Å². The molecular formula is C13H12BrN3S. The molecule has 0 spiro atoms. The van der Waals surface area contributed by atoms with Crippen LogP contribution in [0.3, 0.4) is 0 Å². The van der Waals surface area contributed by atoms with Crippen molar-refractivity contribution in [1.29, 1.82) is 0 Å². The van der Waals surface area contributed by atoms with Gasteiger partial charge < -0.3 is 11.1 Å². The smallest absolute Gasteiger partial charge is 0.131 e. The zero-order valence-corrected chi connectivity index (χ0v) is 12.2. The van der Waals surface area contributed by atoms with E-state index in [2.05, 4.69) is 26.2 Å². The fourth-order valence-electron chi connectivity index (χ4n) is 1.51. The number of pyridine rings is 1. The van der Waals surface area contributed by atoms with E-state index in [-0.39, 0.29) is 0 Å². The van der Waals surface area contributed by atoms with Crippen molar-refractivity contribution in [1.82, 2.24) is 4.98 Å². The zero-order chi connectivity index (χ0) is 13.1. The summed E-state index contributed by atoms with van der Waals surface area (Å²) in [5, 5.41) is 3.24. The molecule has 1 aromatic carbocycles. The third-order valence-corrected chi connectivity index (χ3v) is 3.29. The Morgan fingerprint density at radius 1 is 1.33 bits per heavy atom. The van der Waals surface area contributed by atoms with E-state index in [0.717, 1.165) is 10.2 Å². The van der Waals surface area contributed by atoms with Crippen LogP contribution in [0.1, 0.15) is 11.3 Å². The van der Waals surface area contributed by atoms with Crippen molar-refractivity contribution >= 4 is 44.6 Å². The minimum atomic E-state index is 0.293. The summed E-state index contributed by atoms with van der Waals surface area (Å²) in [7, 11) is 0. The lowest BCUT2D eigenvalue weighted by Crippen LogP contribution is -2.12. The minimum Gasteiger partial charge on any atom is -0.388 e. The van der Waals surface area contributed by atoms with Gasteiger partial charge in [0.15, 0.2) is 0 Å². The van der Waals surface area contributed by atoms with E-state index < -0.39 is 0 Å². The highest BCUT2D eigenvalue weighted by Gasteiger charge is 2.03. The molecule has 0 aliphatic carbocycles. The molecule has 0 saturated heterocycles.